The van der Waals surface area contributed by atoms with Gasteiger partial charge in [-0.1, -0.05) is 6.92 Å². The van der Waals surface area contributed by atoms with Crippen molar-refractivity contribution < 1.29 is 13.2 Å². The Kier molecular flexibility index (Phi) is 6.34. The number of piperidine rings is 1. The summed E-state index contributed by atoms with van der Waals surface area (Å²) in [5, 5.41) is 3.22. The summed E-state index contributed by atoms with van der Waals surface area (Å²) in [5.41, 5.74) is 0. The first kappa shape index (κ1) is 16.2. The molecule has 5 nitrogen and oxygen atoms in total. The van der Waals surface area contributed by atoms with Gasteiger partial charge in [0.05, 0.1) is 11.9 Å². The van der Waals surface area contributed by atoms with E-state index in [1.54, 1.807) is 0 Å². The molecule has 3 unspecified atom stereocenters. The van der Waals surface area contributed by atoms with Crippen molar-refractivity contribution in [2.45, 2.75) is 38.3 Å². The second kappa shape index (κ2) is 7.05. The van der Waals surface area contributed by atoms with E-state index in [1.807, 2.05) is 0 Å². The van der Waals surface area contributed by atoms with Crippen molar-refractivity contribution in [1.82, 2.24) is 10.0 Å². The van der Waals surface area contributed by atoms with Crippen molar-refractivity contribution in [2.24, 2.45) is 5.92 Å². The van der Waals surface area contributed by atoms with Gasteiger partial charge in [-0.25, -0.2) is 13.1 Å². The van der Waals surface area contributed by atoms with Gasteiger partial charge in [-0.15, -0.1) is 12.4 Å². The van der Waals surface area contributed by atoms with Crippen LogP contribution >= 0.6 is 12.4 Å². The molecule has 0 aromatic rings. The van der Waals surface area contributed by atoms with E-state index in [1.165, 1.54) is 0 Å². The van der Waals surface area contributed by atoms with Crippen LogP contribution in [-0.4, -0.2) is 46.0 Å². The van der Waals surface area contributed by atoms with Crippen LogP contribution in [-0.2, 0) is 14.8 Å². The molecule has 18 heavy (non-hydrogen) atoms. The molecule has 2 aliphatic heterocycles. The van der Waals surface area contributed by atoms with E-state index in [9.17, 15) is 8.42 Å². The summed E-state index contributed by atoms with van der Waals surface area (Å²) in [6.45, 7) is 4.50. The second-order valence-corrected chi connectivity index (χ2v) is 6.91. The lowest BCUT2D eigenvalue weighted by atomic mass is 9.96. The quantitative estimate of drug-likeness (QED) is 0.793. The summed E-state index contributed by atoms with van der Waals surface area (Å²) < 4.78 is 32.1. The maximum Gasteiger partial charge on any atom is 0.214 e. The highest BCUT2D eigenvalue weighted by Crippen LogP contribution is 2.16. The van der Waals surface area contributed by atoms with Crippen LogP contribution in [0.1, 0.15) is 26.2 Å². The van der Waals surface area contributed by atoms with Crippen LogP contribution in [0.25, 0.3) is 0 Å². The second-order valence-electron chi connectivity index (χ2n) is 5.11. The Bertz CT molecular complexity index is 344. The fourth-order valence-electron chi connectivity index (χ4n) is 2.45. The average Bonchev–Trinajstić information content (AvgIpc) is 2.73. The first-order valence-corrected chi connectivity index (χ1v) is 8.04. The topological polar surface area (TPSA) is 67.4 Å². The number of halogens is 1. The largest absolute Gasteiger partial charge is 0.377 e. The van der Waals surface area contributed by atoms with E-state index in [0.717, 1.165) is 32.4 Å². The van der Waals surface area contributed by atoms with Gasteiger partial charge in [0.25, 0.3) is 0 Å². The van der Waals surface area contributed by atoms with Crippen LogP contribution < -0.4 is 10.0 Å². The number of ether oxygens (including phenoxy) is 1. The van der Waals surface area contributed by atoms with E-state index < -0.39 is 10.0 Å². The van der Waals surface area contributed by atoms with Crippen molar-refractivity contribution in [1.29, 1.82) is 0 Å². The lowest BCUT2D eigenvalue weighted by Gasteiger charge is -2.30. The Morgan fingerprint density at radius 2 is 2.17 bits per heavy atom. The van der Waals surface area contributed by atoms with Crippen molar-refractivity contribution in [3.8, 4) is 0 Å². The van der Waals surface area contributed by atoms with Crippen LogP contribution in [0.4, 0.5) is 0 Å². The summed E-state index contributed by atoms with van der Waals surface area (Å²) in [4.78, 5) is 0. The van der Waals surface area contributed by atoms with Gasteiger partial charge in [-0.2, -0.15) is 0 Å². The Morgan fingerprint density at radius 3 is 2.78 bits per heavy atom. The lowest BCUT2D eigenvalue weighted by Crippen LogP contribution is -2.51. The lowest BCUT2D eigenvalue weighted by molar-refractivity contribution is 0.127. The monoisotopic (exact) mass is 298 g/mol. The summed E-state index contributed by atoms with van der Waals surface area (Å²) in [6.07, 6.45) is 2.74. The van der Waals surface area contributed by atoms with E-state index in [0.29, 0.717) is 12.5 Å². The van der Waals surface area contributed by atoms with E-state index >= 15 is 0 Å². The summed E-state index contributed by atoms with van der Waals surface area (Å²) in [5.74, 6) is 0.506. The minimum absolute atomic E-state index is 0. The molecule has 2 heterocycles. The first-order valence-electron chi connectivity index (χ1n) is 6.39. The molecule has 2 N–H and O–H groups in total. The molecule has 0 bridgehead atoms. The van der Waals surface area contributed by atoms with Gasteiger partial charge in [0.15, 0.2) is 0 Å². The molecule has 0 radical (unpaired) electrons. The van der Waals surface area contributed by atoms with Gasteiger partial charge in [0.1, 0.15) is 0 Å². The summed E-state index contributed by atoms with van der Waals surface area (Å²) in [6, 6.07) is 0.0233. The fraction of sp³-hybridized carbons (Fsp3) is 1.00. The van der Waals surface area contributed by atoms with E-state index in [4.69, 9.17) is 4.74 Å². The third kappa shape index (κ3) is 4.66. The molecule has 0 saturated carbocycles. The highest BCUT2D eigenvalue weighted by Gasteiger charge is 2.28. The van der Waals surface area contributed by atoms with Crippen LogP contribution in [0.15, 0.2) is 0 Å². The Hall–Kier alpha value is 0.120. The van der Waals surface area contributed by atoms with Crippen LogP contribution in [0, 0.1) is 5.92 Å². The van der Waals surface area contributed by atoms with Crippen LogP contribution in [0.3, 0.4) is 0 Å². The number of hydrogen-bond acceptors (Lipinski definition) is 4. The van der Waals surface area contributed by atoms with E-state index in [-0.39, 0.29) is 30.3 Å². The molecule has 0 aromatic heterocycles. The zero-order valence-corrected chi connectivity index (χ0v) is 12.4. The van der Waals surface area contributed by atoms with Gasteiger partial charge in [0, 0.05) is 19.2 Å². The minimum Gasteiger partial charge on any atom is -0.377 e. The van der Waals surface area contributed by atoms with Crippen molar-refractivity contribution in [2.75, 3.05) is 25.4 Å². The maximum absolute atomic E-state index is 12.0. The third-order valence-electron chi connectivity index (χ3n) is 3.59. The highest BCUT2D eigenvalue weighted by atomic mass is 35.5. The zero-order valence-electron chi connectivity index (χ0n) is 10.7. The zero-order chi connectivity index (χ0) is 12.3. The van der Waals surface area contributed by atoms with Gasteiger partial charge < -0.3 is 10.1 Å². The third-order valence-corrected chi connectivity index (χ3v) is 5.06. The molecule has 2 aliphatic rings. The smallest absolute Gasteiger partial charge is 0.214 e. The standard InChI is InChI=1S/C11H22N2O3S.ClH/c1-9-4-5-12-7-11(9)13-17(14,15)8-10-3-2-6-16-10;/h9-13H,2-8H2,1H3;1H. The minimum atomic E-state index is -3.21. The molecule has 7 heteroatoms. The fourth-order valence-corrected chi connectivity index (χ4v) is 4.07. The molecule has 0 aromatic carbocycles. The number of rotatable bonds is 4. The molecule has 0 spiro atoms. The van der Waals surface area contributed by atoms with E-state index in [2.05, 4.69) is 17.0 Å². The summed E-state index contributed by atoms with van der Waals surface area (Å²) >= 11 is 0. The SMILES string of the molecule is CC1CCNCC1NS(=O)(=O)CC1CCCO1.Cl. The average molecular weight is 299 g/mol. The normalized spacial score (nSPS) is 33.1. The van der Waals surface area contributed by atoms with Gasteiger partial charge in [0.2, 0.25) is 10.0 Å². The van der Waals surface area contributed by atoms with Gasteiger partial charge >= 0.3 is 0 Å². The van der Waals surface area contributed by atoms with Gasteiger partial charge in [-0.05, 0) is 31.7 Å². The predicted octanol–water partition coefficient (Wildman–Crippen LogP) is 0.505. The Labute approximate surface area is 116 Å². The van der Waals surface area contributed by atoms with Crippen LogP contribution in [0.5, 0.6) is 0 Å². The number of sulfonamides is 1. The number of nitrogens with one attached hydrogen (secondary N) is 2. The molecular weight excluding hydrogens is 276 g/mol. The Balaban J connectivity index is 0.00000162. The predicted molar refractivity (Wildman–Crippen MR) is 73.6 cm³/mol. The highest BCUT2D eigenvalue weighted by molar-refractivity contribution is 7.89. The molecule has 108 valence electrons. The maximum atomic E-state index is 12.0. The Morgan fingerprint density at radius 1 is 1.39 bits per heavy atom. The van der Waals surface area contributed by atoms with Crippen molar-refractivity contribution >= 4 is 22.4 Å². The molecule has 0 aliphatic carbocycles. The van der Waals surface area contributed by atoms with Gasteiger partial charge in [-0.3, -0.25) is 0 Å². The summed E-state index contributed by atoms with van der Waals surface area (Å²) in [7, 11) is -3.21. The molecule has 3 atom stereocenters. The first-order chi connectivity index (χ1) is 8.07. The molecule has 2 saturated heterocycles. The van der Waals surface area contributed by atoms with Crippen LogP contribution in [0.2, 0.25) is 0 Å². The molecular formula is C11H23ClN2O3S. The molecule has 2 rings (SSSR count). The van der Waals surface area contributed by atoms with Crippen molar-refractivity contribution in [3.63, 3.8) is 0 Å². The van der Waals surface area contributed by atoms with Crippen molar-refractivity contribution in [3.05, 3.63) is 0 Å². The molecule has 2 fully saturated rings. The number of hydrogen-bond donors (Lipinski definition) is 2. The molecule has 0 amide bonds.